The van der Waals surface area contributed by atoms with Crippen molar-refractivity contribution in [2.75, 3.05) is 11.9 Å². The highest BCUT2D eigenvalue weighted by molar-refractivity contribution is 9.10. The minimum Gasteiger partial charge on any atom is -0.381 e. The van der Waals surface area contributed by atoms with Gasteiger partial charge in [0.05, 0.1) is 17.9 Å². The summed E-state index contributed by atoms with van der Waals surface area (Å²) in [4.78, 5) is 11.9. The largest absolute Gasteiger partial charge is 0.381 e. The van der Waals surface area contributed by atoms with E-state index in [2.05, 4.69) is 26.3 Å². The number of nitrogens with one attached hydrogen (secondary N) is 1. The number of hydrogen-bond acceptors (Lipinski definition) is 4. The van der Waals surface area contributed by atoms with Gasteiger partial charge in [-0.05, 0) is 36.7 Å². The van der Waals surface area contributed by atoms with Gasteiger partial charge in [-0.15, -0.1) is 0 Å². The fourth-order valence-corrected chi connectivity index (χ4v) is 1.63. The molecule has 0 aliphatic rings. The van der Waals surface area contributed by atoms with E-state index in [-0.39, 0.29) is 17.6 Å². The van der Waals surface area contributed by atoms with Gasteiger partial charge >= 0.3 is 0 Å². The molecule has 3 N–H and O–H groups in total. The second-order valence-electron chi connectivity index (χ2n) is 4.07. The van der Waals surface area contributed by atoms with Gasteiger partial charge in [-0.25, -0.2) is 4.68 Å². The van der Waals surface area contributed by atoms with Crippen molar-refractivity contribution >= 4 is 21.6 Å². The van der Waals surface area contributed by atoms with Gasteiger partial charge < -0.3 is 11.1 Å². The molecule has 0 radical (unpaired) electrons. The third kappa shape index (κ3) is 3.05. The molecule has 90 valence electrons. The Morgan fingerprint density at radius 2 is 2.19 bits per heavy atom. The molecule has 0 spiro atoms. The molecule has 1 aromatic heterocycles. The van der Waals surface area contributed by atoms with E-state index in [4.69, 9.17) is 5.73 Å². The van der Waals surface area contributed by atoms with E-state index in [0.29, 0.717) is 16.7 Å². The highest BCUT2D eigenvalue weighted by atomic mass is 79.9. The quantitative estimate of drug-likeness (QED) is 0.877. The standard InChI is InChI=1S/C10H17BrN4O/c1-6(2)15-10(16)9(11)8(5-14-15)13-4-7(3)12/h5-7,13H,4,12H2,1-3H3. The van der Waals surface area contributed by atoms with Crippen LogP contribution < -0.4 is 16.6 Å². The van der Waals surface area contributed by atoms with Crippen molar-refractivity contribution in [3.05, 3.63) is 21.0 Å². The first-order chi connectivity index (χ1) is 7.43. The minimum atomic E-state index is -0.135. The predicted molar refractivity (Wildman–Crippen MR) is 68.7 cm³/mol. The zero-order chi connectivity index (χ0) is 12.3. The molecule has 0 saturated heterocycles. The van der Waals surface area contributed by atoms with Gasteiger partial charge in [0, 0.05) is 12.6 Å². The van der Waals surface area contributed by atoms with Gasteiger partial charge in [0.2, 0.25) is 0 Å². The highest BCUT2D eigenvalue weighted by Crippen LogP contribution is 2.16. The summed E-state index contributed by atoms with van der Waals surface area (Å²) >= 11 is 3.27. The van der Waals surface area contributed by atoms with Gasteiger partial charge in [0.1, 0.15) is 4.47 Å². The van der Waals surface area contributed by atoms with Crippen LogP contribution in [0.25, 0.3) is 0 Å². The Balaban J connectivity index is 2.98. The average molecular weight is 289 g/mol. The van der Waals surface area contributed by atoms with Crippen LogP contribution in [0.4, 0.5) is 5.69 Å². The summed E-state index contributed by atoms with van der Waals surface area (Å²) in [6, 6.07) is 0.0747. The van der Waals surface area contributed by atoms with Crippen molar-refractivity contribution in [3.8, 4) is 0 Å². The fraction of sp³-hybridized carbons (Fsp3) is 0.600. The van der Waals surface area contributed by atoms with Crippen LogP contribution >= 0.6 is 15.9 Å². The number of rotatable bonds is 4. The summed E-state index contributed by atoms with van der Waals surface area (Å²) in [7, 11) is 0. The van der Waals surface area contributed by atoms with Gasteiger partial charge in [-0.2, -0.15) is 5.10 Å². The molecule has 5 nitrogen and oxygen atoms in total. The lowest BCUT2D eigenvalue weighted by atomic mass is 10.3. The van der Waals surface area contributed by atoms with Crippen LogP contribution in [0.15, 0.2) is 15.5 Å². The van der Waals surface area contributed by atoms with Crippen LogP contribution in [-0.2, 0) is 0 Å². The van der Waals surface area contributed by atoms with Gasteiger partial charge in [0.15, 0.2) is 0 Å². The Bertz CT molecular complexity index is 414. The van der Waals surface area contributed by atoms with E-state index < -0.39 is 0 Å². The highest BCUT2D eigenvalue weighted by Gasteiger charge is 2.10. The van der Waals surface area contributed by atoms with Crippen molar-refractivity contribution in [1.82, 2.24) is 9.78 Å². The van der Waals surface area contributed by atoms with E-state index in [1.807, 2.05) is 20.8 Å². The molecule has 0 aromatic carbocycles. The average Bonchev–Trinajstić information content (AvgIpc) is 2.19. The third-order valence-corrected chi connectivity index (χ3v) is 2.81. The number of halogens is 1. The summed E-state index contributed by atoms with van der Waals surface area (Å²) in [6.45, 7) is 6.32. The first-order valence-corrected chi connectivity index (χ1v) is 5.99. The Kier molecular flexibility index (Phi) is 4.49. The summed E-state index contributed by atoms with van der Waals surface area (Å²) in [5.41, 5.74) is 6.17. The maximum atomic E-state index is 11.9. The number of hydrogen-bond donors (Lipinski definition) is 2. The van der Waals surface area contributed by atoms with Crippen LogP contribution in [0, 0.1) is 0 Å². The molecule has 1 atom stereocenters. The zero-order valence-corrected chi connectivity index (χ0v) is 11.3. The number of nitrogens with two attached hydrogens (primary N) is 1. The Morgan fingerprint density at radius 3 is 2.69 bits per heavy atom. The zero-order valence-electron chi connectivity index (χ0n) is 9.70. The van der Waals surface area contributed by atoms with Crippen molar-refractivity contribution in [3.63, 3.8) is 0 Å². The normalized spacial score (nSPS) is 12.9. The van der Waals surface area contributed by atoms with Crippen molar-refractivity contribution in [2.45, 2.75) is 32.9 Å². The lowest BCUT2D eigenvalue weighted by molar-refractivity contribution is 0.501. The van der Waals surface area contributed by atoms with Crippen LogP contribution in [0.5, 0.6) is 0 Å². The number of aromatic nitrogens is 2. The SMILES string of the molecule is CC(N)CNc1cnn(C(C)C)c(=O)c1Br. The van der Waals surface area contributed by atoms with Crippen LogP contribution in [-0.4, -0.2) is 22.4 Å². The van der Waals surface area contributed by atoms with E-state index in [9.17, 15) is 4.79 Å². The second kappa shape index (κ2) is 5.45. The molecule has 0 amide bonds. The summed E-state index contributed by atoms with van der Waals surface area (Å²) in [6.07, 6.45) is 1.63. The van der Waals surface area contributed by atoms with Crippen LogP contribution in [0.3, 0.4) is 0 Å². The van der Waals surface area contributed by atoms with Crippen molar-refractivity contribution in [1.29, 1.82) is 0 Å². The Hall–Kier alpha value is -0.880. The van der Waals surface area contributed by atoms with Crippen LogP contribution in [0.1, 0.15) is 26.8 Å². The van der Waals surface area contributed by atoms with E-state index in [1.165, 1.54) is 4.68 Å². The molecule has 1 aromatic rings. The Labute approximate surface area is 103 Å². The third-order valence-electron chi connectivity index (χ3n) is 2.05. The molecule has 0 aliphatic heterocycles. The molecule has 1 unspecified atom stereocenters. The first-order valence-electron chi connectivity index (χ1n) is 5.20. The fourth-order valence-electron chi connectivity index (χ4n) is 1.21. The van der Waals surface area contributed by atoms with E-state index in [0.717, 1.165) is 0 Å². The molecule has 0 fully saturated rings. The maximum Gasteiger partial charge on any atom is 0.283 e. The molecule has 6 heteroatoms. The minimum absolute atomic E-state index is 0.0273. The lowest BCUT2D eigenvalue weighted by Crippen LogP contribution is -2.29. The Morgan fingerprint density at radius 1 is 1.56 bits per heavy atom. The molecule has 1 heterocycles. The molecule has 1 rings (SSSR count). The topological polar surface area (TPSA) is 72.9 Å². The molecular formula is C10H17BrN4O. The lowest BCUT2D eigenvalue weighted by Gasteiger charge is -2.13. The monoisotopic (exact) mass is 288 g/mol. The van der Waals surface area contributed by atoms with Crippen molar-refractivity contribution < 1.29 is 0 Å². The molecule has 16 heavy (non-hydrogen) atoms. The van der Waals surface area contributed by atoms with E-state index >= 15 is 0 Å². The first kappa shape index (κ1) is 13.2. The summed E-state index contributed by atoms with van der Waals surface area (Å²) in [5, 5.41) is 7.16. The number of anilines is 1. The van der Waals surface area contributed by atoms with Crippen molar-refractivity contribution in [2.24, 2.45) is 5.73 Å². The molecule has 0 bridgehead atoms. The second-order valence-corrected chi connectivity index (χ2v) is 4.87. The predicted octanol–water partition coefficient (Wildman–Crippen LogP) is 1.35. The van der Waals surface area contributed by atoms with Crippen LogP contribution in [0.2, 0.25) is 0 Å². The van der Waals surface area contributed by atoms with Gasteiger partial charge in [-0.1, -0.05) is 0 Å². The molecular weight excluding hydrogens is 272 g/mol. The maximum absolute atomic E-state index is 11.9. The summed E-state index contributed by atoms with van der Waals surface area (Å²) in [5.74, 6) is 0. The number of nitrogens with zero attached hydrogens (tertiary/aromatic N) is 2. The van der Waals surface area contributed by atoms with Gasteiger partial charge in [-0.3, -0.25) is 4.79 Å². The molecule has 0 aliphatic carbocycles. The van der Waals surface area contributed by atoms with Gasteiger partial charge in [0.25, 0.3) is 5.56 Å². The summed E-state index contributed by atoms with van der Waals surface area (Å²) < 4.78 is 1.93. The van der Waals surface area contributed by atoms with E-state index in [1.54, 1.807) is 6.20 Å². The molecule has 0 saturated carbocycles. The smallest absolute Gasteiger partial charge is 0.283 e.